The molecule has 1 aliphatic heterocycles. The van der Waals surface area contributed by atoms with Gasteiger partial charge in [0.25, 0.3) is 0 Å². The maximum absolute atomic E-state index is 13.5. The van der Waals surface area contributed by atoms with Gasteiger partial charge in [0.05, 0.1) is 11.9 Å². The number of aliphatic hydroxyl groups excluding tert-OH is 1. The summed E-state index contributed by atoms with van der Waals surface area (Å²) in [5.74, 6) is -1.05. The molecule has 3 atom stereocenters. The minimum atomic E-state index is -1.23. The van der Waals surface area contributed by atoms with Gasteiger partial charge in [-0.15, -0.1) is 5.10 Å². The fourth-order valence-electron chi connectivity index (χ4n) is 3.92. The van der Waals surface area contributed by atoms with Gasteiger partial charge >= 0.3 is 5.97 Å². The molecule has 0 spiro atoms. The third-order valence-electron chi connectivity index (χ3n) is 5.94. The molecule has 0 bridgehead atoms. The van der Waals surface area contributed by atoms with E-state index in [1.165, 1.54) is 19.1 Å². The van der Waals surface area contributed by atoms with Gasteiger partial charge < -0.3 is 31.1 Å². The molecule has 1 unspecified atom stereocenters. The number of carboxylic acid groups (broad SMARTS) is 1. The zero-order valence-electron chi connectivity index (χ0n) is 21.4. The van der Waals surface area contributed by atoms with Crippen molar-refractivity contribution < 1.29 is 34.4 Å². The molecule has 0 aliphatic carbocycles. The lowest BCUT2D eigenvalue weighted by Gasteiger charge is -2.16. The van der Waals surface area contributed by atoms with Gasteiger partial charge in [0, 0.05) is 36.3 Å². The van der Waals surface area contributed by atoms with Crippen LogP contribution < -0.4 is 15.4 Å². The number of aliphatic carboxylic acids is 1. The molecule has 11 nitrogen and oxygen atoms in total. The van der Waals surface area contributed by atoms with Gasteiger partial charge in [-0.1, -0.05) is 24.3 Å². The highest BCUT2D eigenvalue weighted by Crippen LogP contribution is 2.27. The normalized spacial score (nSPS) is 16.2. The highest BCUT2D eigenvalue weighted by atomic mass is 19.1. The summed E-state index contributed by atoms with van der Waals surface area (Å²) in [7, 11) is 0. The monoisotopic (exact) mass is 539 g/mol. The van der Waals surface area contributed by atoms with E-state index in [9.17, 15) is 14.0 Å². The number of rotatable bonds is 6. The summed E-state index contributed by atoms with van der Waals surface area (Å²) in [6.07, 6.45) is 0.514. The van der Waals surface area contributed by atoms with Crippen molar-refractivity contribution in [2.75, 3.05) is 11.4 Å². The molecule has 5 rings (SSSR count). The van der Waals surface area contributed by atoms with Crippen LogP contribution in [0.25, 0.3) is 16.9 Å². The molecule has 0 radical (unpaired) electrons. The smallest absolute Gasteiger partial charge is 0.332 e. The van der Waals surface area contributed by atoms with Crippen LogP contribution in [-0.4, -0.2) is 60.9 Å². The number of imidazole rings is 1. The van der Waals surface area contributed by atoms with E-state index >= 15 is 0 Å². The number of nitrogens with zero attached hydrogens (tertiary/aromatic N) is 4. The number of nitrogens with two attached hydrogens (primary N) is 1. The van der Waals surface area contributed by atoms with Crippen molar-refractivity contribution in [3.63, 3.8) is 0 Å². The van der Waals surface area contributed by atoms with Crippen molar-refractivity contribution in [1.29, 1.82) is 0 Å². The number of ether oxygens (including phenoxy) is 1. The quantitative estimate of drug-likeness (QED) is 0.335. The molecule has 1 fully saturated rings. The maximum Gasteiger partial charge on any atom is 0.332 e. The van der Waals surface area contributed by atoms with E-state index in [2.05, 4.69) is 10.1 Å². The van der Waals surface area contributed by atoms with Crippen molar-refractivity contribution in [3.05, 3.63) is 78.2 Å². The van der Waals surface area contributed by atoms with Gasteiger partial charge in [-0.3, -0.25) is 4.79 Å². The van der Waals surface area contributed by atoms with E-state index in [0.717, 1.165) is 22.5 Å². The Morgan fingerprint density at radius 1 is 1.15 bits per heavy atom. The summed E-state index contributed by atoms with van der Waals surface area (Å²) in [5.41, 5.74) is 9.82. The molecular weight excluding hydrogens is 509 g/mol. The Kier molecular flexibility index (Phi) is 9.30. The van der Waals surface area contributed by atoms with Crippen molar-refractivity contribution in [1.82, 2.24) is 14.6 Å². The summed E-state index contributed by atoms with van der Waals surface area (Å²) in [4.78, 5) is 27.7. The summed E-state index contributed by atoms with van der Waals surface area (Å²) in [6, 6.07) is 17.4. The van der Waals surface area contributed by atoms with Crippen molar-refractivity contribution in [2.45, 2.75) is 38.5 Å². The first-order valence-corrected chi connectivity index (χ1v) is 12.0. The van der Waals surface area contributed by atoms with Crippen molar-refractivity contribution in [2.24, 2.45) is 5.73 Å². The van der Waals surface area contributed by atoms with Crippen LogP contribution in [0.3, 0.4) is 0 Å². The Labute approximate surface area is 223 Å². The third-order valence-corrected chi connectivity index (χ3v) is 5.94. The number of halogens is 1. The zero-order valence-corrected chi connectivity index (χ0v) is 21.4. The number of hydrogen-bond acceptors (Lipinski definition) is 7. The van der Waals surface area contributed by atoms with Gasteiger partial charge in [-0.05, 0) is 49.7 Å². The number of hydrogen-bond donors (Lipinski definition) is 3. The van der Waals surface area contributed by atoms with Crippen LogP contribution in [0.1, 0.15) is 31.9 Å². The molecule has 1 amide bonds. The number of anilines is 1. The molecule has 3 heterocycles. The lowest BCUT2D eigenvalue weighted by Crippen LogP contribution is -2.27. The minimum absolute atomic E-state index is 0. The van der Waals surface area contributed by atoms with Crippen molar-refractivity contribution >= 4 is 23.2 Å². The predicted molar refractivity (Wildman–Crippen MR) is 142 cm³/mol. The number of aliphatic hydroxyl groups is 1. The number of fused-ring (bicyclic) bond motifs is 1. The molecule has 4 aromatic rings. The Morgan fingerprint density at radius 2 is 1.85 bits per heavy atom. The van der Waals surface area contributed by atoms with Crippen LogP contribution in [0.5, 0.6) is 5.88 Å². The molecule has 39 heavy (non-hydrogen) atoms. The van der Waals surface area contributed by atoms with Crippen LogP contribution >= 0.6 is 0 Å². The van der Waals surface area contributed by atoms with Crippen LogP contribution in [0, 0.1) is 5.82 Å². The molecule has 206 valence electrons. The number of carbonyl (C=O) groups is 2. The summed E-state index contributed by atoms with van der Waals surface area (Å²) in [6.45, 7) is 3.57. The fourth-order valence-corrected chi connectivity index (χ4v) is 3.92. The third kappa shape index (κ3) is 6.93. The van der Waals surface area contributed by atoms with Crippen LogP contribution in [0.4, 0.5) is 10.1 Å². The largest absolute Gasteiger partial charge is 0.479 e. The van der Waals surface area contributed by atoms with Crippen molar-refractivity contribution in [3.8, 4) is 17.1 Å². The Bertz CT molecular complexity index is 1440. The van der Waals surface area contributed by atoms with E-state index in [1.54, 1.807) is 27.7 Å². The topological polar surface area (TPSA) is 175 Å². The average molecular weight is 540 g/mol. The lowest BCUT2D eigenvalue weighted by atomic mass is 10.1. The Balaban J connectivity index is 0.000000543. The van der Waals surface area contributed by atoms with Crippen LogP contribution in [-0.2, 0) is 9.59 Å². The molecular formula is C27H30FN5O6. The predicted octanol–water partition coefficient (Wildman–Crippen LogP) is 2.37. The van der Waals surface area contributed by atoms with Crippen LogP contribution in [0.15, 0.2) is 66.9 Å². The first-order valence-electron chi connectivity index (χ1n) is 12.0. The van der Waals surface area contributed by atoms with E-state index < -0.39 is 12.1 Å². The van der Waals surface area contributed by atoms with E-state index in [1.807, 2.05) is 43.3 Å². The van der Waals surface area contributed by atoms with Crippen LogP contribution in [0.2, 0.25) is 0 Å². The first kappa shape index (κ1) is 29.2. The molecule has 12 heteroatoms. The molecule has 6 N–H and O–H groups in total. The molecule has 1 saturated heterocycles. The number of carbonyl (C=O) groups excluding carboxylic acids is 1. The van der Waals surface area contributed by atoms with Gasteiger partial charge in [0.15, 0.2) is 5.65 Å². The van der Waals surface area contributed by atoms with E-state index in [4.69, 9.17) is 20.7 Å². The molecule has 2 aromatic heterocycles. The maximum atomic E-state index is 13.5. The second-order valence-corrected chi connectivity index (χ2v) is 8.93. The first-order chi connectivity index (χ1) is 18.1. The summed E-state index contributed by atoms with van der Waals surface area (Å²) < 4.78 is 21.2. The number of aromatic nitrogens is 3. The zero-order chi connectivity index (χ0) is 27.4. The number of carboxylic acids is 1. The second-order valence-electron chi connectivity index (χ2n) is 8.93. The summed E-state index contributed by atoms with van der Waals surface area (Å²) >= 11 is 0. The average Bonchev–Trinajstić information content (AvgIpc) is 3.46. The fraction of sp³-hybridized carbons (Fsp3) is 0.259. The minimum Gasteiger partial charge on any atom is -0.479 e. The molecule has 1 aliphatic rings. The SMILES string of the molecule is CC(O)C(=O)O.C[C@@H](Oc1ccc2ncc(-c3ccc(N4C[C@@H](N)CC4=O)cc3)n2n1)c1cccc(F)c1.O. The molecule has 2 aromatic carbocycles. The highest BCUT2D eigenvalue weighted by molar-refractivity contribution is 5.96. The number of amides is 1. The standard InChI is InChI=1S/C24H22FN5O2.C3H6O3.H2O/c1-15(17-3-2-4-18(25)11-17)32-23-10-9-22-27-13-21(30(22)28-23)16-5-7-20(8-6-16)29-14-19(26)12-24(29)31;1-2(4)3(5)6;/h2-11,13,15,19H,12,14,26H2,1H3;2,4H,1H3,(H,5,6);1H2/t15-,19+;;/m1../s1. The highest BCUT2D eigenvalue weighted by Gasteiger charge is 2.28. The lowest BCUT2D eigenvalue weighted by molar-refractivity contribution is -0.145. The molecule has 0 saturated carbocycles. The van der Waals surface area contributed by atoms with Gasteiger partial charge in [0.1, 0.15) is 18.0 Å². The van der Waals surface area contributed by atoms with E-state index in [-0.39, 0.29) is 29.3 Å². The van der Waals surface area contributed by atoms with Gasteiger partial charge in [-0.2, -0.15) is 0 Å². The summed E-state index contributed by atoms with van der Waals surface area (Å²) in [5, 5.41) is 20.3. The number of benzene rings is 2. The Morgan fingerprint density at radius 3 is 2.44 bits per heavy atom. The second kappa shape index (κ2) is 12.4. The van der Waals surface area contributed by atoms with Gasteiger partial charge in [0.2, 0.25) is 11.8 Å². The van der Waals surface area contributed by atoms with E-state index in [0.29, 0.717) is 24.5 Å². The van der Waals surface area contributed by atoms with Gasteiger partial charge in [-0.25, -0.2) is 18.7 Å². The Hall–Kier alpha value is -4.39.